The number of aromatic amines is 1. The Hall–Kier alpha value is -1.73. The van der Waals surface area contributed by atoms with Crippen LogP contribution >= 0.6 is 11.3 Å². The van der Waals surface area contributed by atoms with Crippen molar-refractivity contribution < 1.29 is 9.90 Å². The zero-order valence-corrected chi connectivity index (χ0v) is 9.12. The first-order valence-corrected chi connectivity index (χ1v) is 5.46. The smallest absolute Gasteiger partial charge is 0.347 e. The Kier molecular flexibility index (Phi) is 2.97. The quantitative estimate of drug-likeness (QED) is 0.728. The zero-order valence-electron chi connectivity index (χ0n) is 8.30. The fraction of sp³-hybridized carbons (Fsp3) is 0.222. The Morgan fingerprint density at radius 1 is 1.62 bits per heavy atom. The summed E-state index contributed by atoms with van der Waals surface area (Å²) in [6.45, 7) is 0.384. The predicted molar refractivity (Wildman–Crippen MR) is 59.4 cm³/mol. The van der Waals surface area contributed by atoms with Crippen molar-refractivity contribution in [2.45, 2.75) is 6.42 Å². The summed E-state index contributed by atoms with van der Waals surface area (Å²) in [5.41, 5.74) is 6.74. The van der Waals surface area contributed by atoms with Gasteiger partial charge in [-0.05, 0) is 6.54 Å². The highest BCUT2D eigenvalue weighted by Crippen LogP contribution is 2.27. The molecule has 2 aromatic heterocycles. The average molecular weight is 238 g/mol. The number of carbonyl (C=O) groups is 1. The predicted octanol–water partition coefficient (Wildman–Crippen LogP) is 0.733. The maximum atomic E-state index is 11.0. The van der Waals surface area contributed by atoms with Gasteiger partial charge < -0.3 is 10.8 Å². The van der Waals surface area contributed by atoms with Gasteiger partial charge in [-0.15, -0.1) is 11.3 Å². The molecule has 4 N–H and O–H groups in total. The summed E-state index contributed by atoms with van der Waals surface area (Å²) in [6, 6.07) is 0. The topological polar surface area (TPSA) is 105 Å². The molecule has 0 aliphatic carbocycles. The van der Waals surface area contributed by atoms with Gasteiger partial charge in [0.2, 0.25) is 0 Å². The molecule has 0 aliphatic rings. The number of carboxylic acid groups (broad SMARTS) is 1. The van der Waals surface area contributed by atoms with Gasteiger partial charge in [0.05, 0.1) is 11.9 Å². The molecule has 0 saturated heterocycles. The SMILES string of the molecule is NCCc1nc(-c2cn[nH]c2)sc1C(=O)O. The molecule has 0 radical (unpaired) electrons. The van der Waals surface area contributed by atoms with E-state index >= 15 is 0 Å². The van der Waals surface area contributed by atoms with Crippen LogP contribution in [0, 0.1) is 0 Å². The van der Waals surface area contributed by atoms with E-state index in [0.717, 1.165) is 16.9 Å². The van der Waals surface area contributed by atoms with Crippen LogP contribution in [0.15, 0.2) is 12.4 Å². The van der Waals surface area contributed by atoms with E-state index in [4.69, 9.17) is 10.8 Å². The minimum atomic E-state index is -0.962. The van der Waals surface area contributed by atoms with Gasteiger partial charge in [0, 0.05) is 18.2 Å². The Morgan fingerprint density at radius 3 is 3.00 bits per heavy atom. The van der Waals surface area contributed by atoms with Crippen LogP contribution in [-0.2, 0) is 6.42 Å². The van der Waals surface area contributed by atoms with Crippen molar-refractivity contribution in [1.82, 2.24) is 15.2 Å². The lowest BCUT2D eigenvalue weighted by Crippen LogP contribution is -2.07. The summed E-state index contributed by atoms with van der Waals surface area (Å²) < 4.78 is 0. The molecular weight excluding hydrogens is 228 g/mol. The Bertz CT molecular complexity index is 492. The molecule has 2 aromatic rings. The van der Waals surface area contributed by atoms with Gasteiger partial charge in [-0.25, -0.2) is 9.78 Å². The zero-order chi connectivity index (χ0) is 11.5. The van der Waals surface area contributed by atoms with Gasteiger partial charge in [0.1, 0.15) is 9.88 Å². The number of hydrogen-bond acceptors (Lipinski definition) is 5. The molecule has 0 aliphatic heterocycles. The van der Waals surface area contributed by atoms with E-state index in [0.29, 0.717) is 23.7 Å². The number of thiazole rings is 1. The van der Waals surface area contributed by atoms with E-state index < -0.39 is 5.97 Å². The molecule has 0 spiro atoms. The average Bonchev–Trinajstić information content (AvgIpc) is 2.83. The van der Waals surface area contributed by atoms with Crippen molar-refractivity contribution in [2.75, 3.05) is 6.54 Å². The van der Waals surface area contributed by atoms with Crippen LogP contribution in [0.3, 0.4) is 0 Å². The second-order valence-corrected chi connectivity index (χ2v) is 4.12. The molecule has 2 heterocycles. The van der Waals surface area contributed by atoms with Crippen molar-refractivity contribution >= 4 is 17.3 Å². The van der Waals surface area contributed by atoms with E-state index in [2.05, 4.69) is 15.2 Å². The van der Waals surface area contributed by atoms with Crippen molar-refractivity contribution in [3.8, 4) is 10.6 Å². The standard InChI is InChI=1S/C9H10N4O2S/c10-2-1-6-7(9(14)15)16-8(13-6)5-3-11-12-4-5/h3-4H,1-2,10H2,(H,11,12)(H,14,15). The summed E-state index contributed by atoms with van der Waals surface area (Å²) >= 11 is 1.14. The first-order valence-electron chi connectivity index (χ1n) is 4.64. The van der Waals surface area contributed by atoms with Crippen LogP contribution < -0.4 is 5.73 Å². The van der Waals surface area contributed by atoms with E-state index in [-0.39, 0.29) is 4.88 Å². The van der Waals surface area contributed by atoms with Crippen LogP contribution in [0.1, 0.15) is 15.4 Å². The number of nitrogens with zero attached hydrogens (tertiary/aromatic N) is 2. The minimum absolute atomic E-state index is 0.252. The summed E-state index contributed by atoms with van der Waals surface area (Å²) in [5.74, 6) is -0.962. The van der Waals surface area contributed by atoms with Crippen molar-refractivity contribution in [3.63, 3.8) is 0 Å². The second kappa shape index (κ2) is 4.42. The highest BCUT2D eigenvalue weighted by molar-refractivity contribution is 7.17. The van der Waals surface area contributed by atoms with Crippen LogP contribution in [0.2, 0.25) is 0 Å². The number of nitrogens with two attached hydrogens (primary N) is 1. The molecule has 0 unspecified atom stereocenters. The third-order valence-corrected chi connectivity index (χ3v) is 3.15. The Morgan fingerprint density at radius 2 is 2.44 bits per heavy atom. The molecule has 16 heavy (non-hydrogen) atoms. The van der Waals surface area contributed by atoms with E-state index in [9.17, 15) is 4.79 Å². The molecule has 7 heteroatoms. The lowest BCUT2D eigenvalue weighted by molar-refractivity contribution is 0.0701. The highest BCUT2D eigenvalue weighted by Gasteiger charge is 2.17. The lowest BCUT2D eigenvalue weighted by Gasteiger charge is -1.93. The first kappa shape index (κ1) is 10.8. The highest BCUT2D eigenvalue weighted by atomic mass is 32.1. The molecule has 0 atom stereocenters. The summed E-state index contributed by atoms with van der Waals surface area (Å²) in [7, 11) is 0. The number of hydrogen-bond donors (Lipinski definition) is 3. The van der Waals surface area contributed by atoms with E-state index in [1.54, 1.807) is 12.4 Å². The maximum Gasteiger partial charge on any atom is 0.347 e. The molecule has 84 valence electrons. The Labute approximate surface area is 95.1 Å². The maximum absolute atomic E-state index is 11.0. The molecule has 0 saturated carbocycles. The third-order valence-electron chi connectivity index (χ3n) is 2.02. The van der Waals surface area contributed by atoms with Gasteiger partial charge in [0.15, 0.2) is 0 Å². The molecular formula is C9H10N4O2S. The molecule has 0 aromatic carbocycles. The number of rotatable bonds is 4. The van der Waals surface area contributed by atoms with Crippen LogP contribution in [0.4, 0.5) is 0 Å². The van der Waals surface area contributed by atoms with Gasteiger partial charge in [-0.3, -0.25) is 5.10 Å². The largest absolute Gasteiger partial charge is 0.477 e. The van der Waals surface area contributed by atoms with Crippen molar-refractivity contribution in [2.24, 2.45) is 5.73 Å². The monoisotopic (exact) mass is 238 g/mol. The second-order valence-electron chi connectivity index (χ2n) is 3.13. The number of H-pyrrole nitrogens is 1. The normalized spacial score (nSPS) is 10.6. The van der Waals surface area contributed by atoms with Crippen molar-refractivity contribution in [1.29, 1.82) is 0 Å². The van der Waals surface area contributed by atoms with Gasteiger partial charge in [0.25, 0.3) is 0 Å². The summed E-state index contributed by atoms with van der Waals surface area (Å²) in [5, 5.41) is 16.1. The molecule has 6 nitrogen and oxygen atoms in total. The number of nitrogens with one attached hydrogen (secondary N) is 1. The Balaban J connectivity index is 2.42. The van der Waals surface area contributed by atoms with Gasteiger partial charge >= 0.3 is 5.97 Å². The number of carboxylic acids is 1. The molecule has 0 amide bonds. The summed E-state index contributed by atoms with van der Waals surface area (Å²) in [4.78, 5) is 15.5. The summed E-state index contributed by atoms with van der Waals surface area (Å²) in [6.07, 6.45) is 3.75. The number of aromatic nitrogens is 3. The fourth-order valence-electron chi connectivity index (χ4n) is 1.32. The third kappa shape index (κ3) is 1.95. The van der Waals surface area contributed by atoms with Crippen LogP contribution in [0.25, 0.3) is 10.6 Å². The van der Waals surface area contributed by atoms with Crippen molar-refractivity contribution in [3.05, 3.63) is 23.0 Å². The van der Waals surface area contributed by atoms with Gasteiger partial charge in [-0.1, -0.05) is 0 Å². The van der Waals surface area contributed by atoms with Gasteiger partial charge in [-0.2, -0.15) is 5.10 Å². The minimum Gasteiger partial charge on any atom is -0.477 e. The molecule has 2 rings (SSSR count). The van der Waals surface area contributed by atoms with Crippen LogP contribution in [-0.4, -0.2) is 32.8 Å². The molecule has 0 bridgehead atoms. The van der Waals surface area contributed by atoms with E-state index in [1.807, 2.05) is 0 Å². The molecule has 0 fully saturated rings. The van der Waals surface area contributed by atoms with Crippen LogP contribution in [0.5, 0.6) is 0 Å². The number of aromatic carboxylic acids is 1. The van der Waals surface area contributed by atoms with E-state index in [1.165, 1.54) is 0 Å². The first-order chi connectivity index (χ1) is 7.72. The lowest BCUT2D eigenvalue weighted by atomic mass is 10.2. The fourth-order valence-corrected chi connectivity index (χ4v) is 2.25.